The third-order valence-corrected chi connectivity index (χ3v) is 4.68. The van der Waals surface area contributed by atoms with Crippen LogP contribution in [0.2, 0.25) is 0 Å². The number of hydrogen-bond acceptors (Lipinski definition) is 5. The van der Waals surface area contributed by atoms with Gasteiger partial charge in [0.05, 0.1) is 11.7 Å². The summed E-state index contributed by atoms with van der Waals surface area (Å²) < 4.78 is 5.60. The lowest BCUT2D eigenvalue weighted by atomic mass is 10.1. The molecule has 2 heterocycles. The zero-order valence-electron chi connectivity index (χ0n) is 15.8. The summed E-state index contributed by atoms with van der Waals surface area (Å²) >= 11 is 0. The van der Waals surface area contributed by atoms with Gasteiger partial charge in [-0.05, 0) is 25.5 Å². The molecule has 27 heavy (non-hydrogen) atoms. The zero-order chi connectivity index (χ0) is 19.2. The number of oxazole rings is 1. The summed E-state index contributed by atoms with van der Waals surface area (Å²) in [4.78, 5) is 30.8. The van der Waals surface area contributed by atoms with Gasteiger partial charge in [-0.1, -0.05) is 25.1 Å². The Labute approximate surface area is 159 Å². The molecule has 0 radical (unpaired) electrons. The highest BCUT2D eigenvalue weighted by Gasteiger charge is 2.37. The van der Waals surface area contributed by atoms with E-state index in [1.807, 2.05) is 44.2 Å². The number of aromatic nitrogens is 1. The van der Waals surface area contributed by atoms with Crippen molar-refractivity contribution in [1.82, 2.24) is 20.5 Å². The lowest BCUT2D eigenvalue weighted by Gasteiger charge is -2.22. The number of carbonyl (C=O) groups is 2. The molecule has 2 N–H and O–H groups in total. The van der Waals surface area contributed by atoms with Crippen LogP contribution in [0.3, 0.4) is 0 Å². The number of benzene rings is 1. The molecule has 0 saturated carbocycles. The number of carbonyl (C=O) groups excluding carboxylic acids is 2. The van der Waals surface area contributed by atoms with Crippen molar-refractivity contribution in [3.8, 4) is 11.5 Å². The van der Waals surface area contributed by atoms with E-state index >= 15 is 0 Å². The average molecular weight is 370 g/mol. The number of amides is 2. The van der Waals surface area contributed by atoms with Crippen LogP contribution in [0.1, 0.15) is 32.4 Å². The van der Waals surface area contributed by atoms with E-state index in [1.165, 1.54) is 0 Å². The van der Waals surface area contributed by atoms with Gasteiger partial charge in [-0.25, -0.2) is 4.98 Å². The van der Waals surface area contributed by atoms with Gasteiger partial charge in [0.2, 0.25) is 17.7 Å². The lowest BCUT2D eigenvalue weighted by molar-refractivity contribution is -0.125. The summed E-state index contributed by atoms with van der Waals surface area (Å²) in [5.74, 6) is 0.553. The van der Waals surface area contributed by atoms with Crippen LogP contribution < -0.4 is 10.6 Å². The molecular weight excluding hydrogens is 344 g/mol. The molecule has 2 atom stereocenters. The first-order chi connectivity index (χ1) is 13.1. The largest absolute Gasteiger partial charge is 0.444 e. The van der Waals surface area contributed by atoms with E-state index in [9.17, 15) is 9.59 Å². The van der Waals surface area contributed by atoms with Gasteiger partial charge in [-0.2, -0.15) is 0 Å². The van der Waals surface area contributed by atoms with Crippen LogP contribution >= 0.6 is 0 Å². The number of nitrogens with zero attached hydrogens (tertiary/aromatic N) is 2. The van der Waals surface area contributed by atoms with Crippen molar-refractivity contribution < 1.29 is 14.0 Å². The Morgan fingerprint density at radius 1 is 1.26 bits per heavy atom. The summed E-state index contributed by atoms with van der Waals surface area (Å²) in [5.41, 5.74) is 1.68. The summed E-state index contributed by atoms with van der Waals surface area (Å²) in [6.45, 7) is 5.41. The smallest absolute Gasteiger partial charge is 0.237 e. The van der Waals surface area contributed by atoms with Gasteiger partial charge in [-0.15, -0.1) is 0 Å². The highest BCUT2D eigenvalue weighted by atomic mass is 16.3. The summed E-state index contributed by atoms with van der Waals surface area (Å²) in [6, 6.07) is 9.38. The van der Waals surface area contributed by atoms with Crippen molar-refractivity contribution in [1.29, 1.82) is 0 Å². The molecule has 7 heteroatoms. The van der Waals surface area contributed by atoms with E-state index in [4.69, 9.17) is 4.42 Å². The standard InChI is InChI=1S/C20H26N4O3/c1-3-18(25)22-15-10-17(19(26)21-4-2)24(11-15)12-16-13-27-20(23-16)14-8-6-5-7-9-14/h5-9,13,15,17H,3-4,10-12H2,1-2H3,(H,21,26)(H,22,25)/t15-,17+/m1/s1. The predicted octanol–water partition coefficient (Wildman–Crippen LogP) is 1.95. The second-order valence-corrected chi connectivity index (χ2v) is 6.70. The van der Waals surface area contributed by atoms with E-state index in [1.54, 1.807) is 6.26 Å². The molecule has 0 bridgehead atoms. The number of hydrogen-bond donors (Lipinski definition) is 2. The number of nitrogens with one attached hydrogen (secondary N) is 2. The second-order valence-electron chi connectivity index (χ2n) is 6.70. The normalized spacial score (nSPS) is 19.8. The summed E-state index contributed by atoms with van der Waals surface area (Å²) in [5, 5.41) is 5.88. The van der Waals surface area contributed by atoms with Gasteiger partial charge in [-0.3, -0.25) is 14.5 Å². The third kappa shape index (κ3) is 4.74. The quantitative estimate of drug-likeness (QED) is 0.778. The van der Waals surface area contributed by atoms with Crippen molar-refractivity contribution in [3.63, 3.8) is 0 Å². The molecule has 3 rings (SSSR count). The van der Waals surface area contributed by atoms with Crippen LogP contribution in [0.15, 0.2) is 41.0 Å². The van der Waals surface area contributed by atoms with Crippen molar-refractivity contribution in [3.05, 3.63) is 42.3 Å². The Balaban J connectivity index is 1.71. The van der Waals surface area contributed by atoms with Crippen molar-refractivity contribution >= 4 is 11.8 Å². The first kappa shape index (κ1) is 19.1. The maximum atomic E-state index is 12.5. The predicted molar refractivity (Wildman–Crippen MR) is 102 cm³/mol. The fraction of sp³-hybridized carbons (Fsp3) is 0.450. The highest BCUT2D eigenvalue weighted by molar-refractivity contribution is 5.82. The molecule has 0 unspecified atom stereocenters. The third-order valence-electron chi connectivity index (χ3n) is 4.68. The Morgan fingerprint density at radius 2 is 2.04 bits per heavy atom. The van der Waals surface area contributed by atoms with Gasteiger partial charge < -0.3 is 15.1 Å². The van der Waals surface area contributed by atoms with Crippen LogP contribution in [0, 0.1) is 0 Å². The minimum atomic E-state index is -0.288. The van der Waals surface area contributed by atoms with Crippen molar-refractivity contribution in [2.75, 3.05) is 13.1 Å². The van der Waals surface area contributed by atoms with E-state index in [-0.39, 0.29) is 23.9 Å². The SMILES string of the molecule is CCNC(=O)[C@@H]1C[C@@H](NC(=O)CC)CN1Cc1coc(-c2ccccc2)n1. The Morgan fingerprint density at radius 3 is 2.74 bits per heavy atom. The maximum Gasteiger partial charge on any atom is 0.237 e. The Hall–Kier alpha value is -2.67. The van der Waals surface area contributed by atoms with Crippen molar-refractivity contribution in [2.45, 2.75) is 45.3 Å². The second kappa shape index (κ2) is 8.81. The van der Waals surface area contributed by atoms with E-state index in [0.717, 1.165) is 11.3 Å². The molecule has 1 fully saturated rings. The number of likely N-dealkylation sites (N-methyl/N-ethyl adjacent to an activating group) is 1. The molecule has 2 amide bonds. The van der Waals surface area contributed by atoms with Gasteiger partial charge in [0, 0.05) is 37.7 Å². The lowest BCUT2D eigenvalue weighted by Crippen LogP contribution is -2.42. The Bertz CT molecular complexity index is 775. The molecule has 144 valence electrons. The van der Waals surface area contributed by atoms with Gasteiger partial charge in [0.1, 0.15) is 6.26 Å². The van der Waals surface area contributed by atoms with Gasteiger partial charge in [0.15, 0.2) is 0 Å². The average Bonchev–Trinajstić information content (AvgIpc) is 3.30. The first-order valence-corrected chi connectivity index (χ1v) is 9.41. The highest BCUT2D eigenvalue weighted by Crippen LogP contribution is 2.23. The van der Waals surface area contributed by atoms with Crippen LogP contribution in [0.25, 0.3) is 11.5 Å². The van der Waals surface area contributed by atoms with Crippen LogP contribution in [-0.2, 0) is 16.1 Å². The first-order valence-electron chi connectivity index (χ1n) is 9.41. The molecular formula is C20H26N4O3. The molecule has 1 aromatic carbocycles. The molecule has 7 nitrogen and oxygen atoms in total. The molecule has 1 aromatic heterocycles. The van der Waals surface area contributed by atoms with E-state index in [2.05, 4.69) is 20.5 Å². The van der Waals surface area contributed by atoms with Gasteiger partial charge >= 0.3 is 0 Å². The Kier molecular flexibility index (Phi) is 6.24. The van der Waals surface area contributed by atoms with E-state index in [0.29, 0.717) is 38.4 Å². The minimum absolute atomic E-state index is 0.00398. The number of rotatable bonds is 7. The molecule has 0 spiro atoms. The molecule has 0 aliphatic carbocycles. The monoisotopic (exact) mass is 370 g/mol. The van der Waals surface area contributed by atoms with Crippen LogP contribution in [-0.4, -0.2) is 46.9 Å². The topological polar surface area (TPSA) is 87.5 Å². The summed E-state index contributed by atoms with van der Waals surface area (Å²) in [6.07, 6.45) is 2.67. The summed E-state index contributed by atoms with van der Waals surface area (Å²) in [7, 11) is 0. The molecule has 1 aliphatic rings. The minimum Gasteiger partial charge on any atom is -0.444 e. The van der Waals surface area contributed by atoms with Crippen LogP contribution in [0.5, 0.6) is 0 Å². The zero-order valence-corrected chi connectivity index (χ0v) is 15.8. The van der Waals surface area contributed by atoms with Crippen LogP contribution in [0.4, 0.5) is 0 Å². The number of likely N-dealkylation sites (tertiary alicyclic amines) is 1. The fourth-order valence-electron chi connectivity index (χ4n) is 3.38. The molecule has 1 aliphatic heterocycles. The molecule has 2 aromatic rings. The fourth-order valence-corrected chi connectivity index (χ4v) is 3.38. The van der Waals surface area contributed by atoms with Gasteiger partial charge in [0.25, 0.3) is 0 Å². The van der Waals surface area contributed by atoms with Crippen molar-refractivity contribution in [2.24, 2.45) is 0 Å². The maximum absolute atomic E-state index is 12.5. The molecule has 1 saturated heterocycles. The van der Waals surface area contributed by atoms with E-state index < -0.39 is 0 Å².